The quantitative estimate of drug-likeness (QED) is 0.499. The summed E-state index contributed by atoms with van der Waals surface area (Å²) in [5.74, 6) is -4.09. The number of benzene rings is 1. The van der Waals surface area contributed by atoms with E-state index in [1.165, 1.54) is 16.8 Å². The van der Waals surface area contributed by atoms with Gasteiger partial charge in [0.1, 0.15) is 5.75 Å². The number of aromatic nitrogens is 4. The summed E-state index contributed by atoms with van der Waals surface area (Å²) in [4.78, 5) is 13.0. The standard InChI is InChI=1S/C21H21F5N4O2/c1-3-29-11-14(8-27-29)10-28-9-13(2)30(19(28)31)17-4-15(21(24,25)26)5-18(6-17)32-12-16-7-20(16,22)23/h4-6,8-9,11,16H,3,7,10,12H2,1-2H3. The second-order valence-corrected chi connectivity index (χ2v) is 7.91. The Morgan fingerprint density at radius 3 is 2.53 bits per heavy atom. The summed E-state index contributed by atoms with van der Waals surface area (Å²) in [6.45, 7) is 3.98. The van der Waals surface area contributed by atoms with Crippen LogP contribution in [0.2, 0.25) is 0 Å². The molecule has 0 radical (unpaired) electrons. The zero-order chi connectivity index (χ0) is 23.3. The maximum atomic E-state index is 13.5. The van der Waals surface area contributed by atoms with Crippen LogP contribution >= 0.6 is 0 Å². The first-order valence-corrected chi connectivity index (χ1v) is 10.0. The first-order valence-electron chi connectivity index (χ1n) is 10.0. The molecule has 0 saturated heterocycles. The van der Waals surface area contributed by atoms with Crippen LogP contribution in [0.5, 0.6) is 5.75 Å². The number of alkyl halides is 5. The minimum absolute atomic E-state index is 0.0529. The Hall–Kier alpha value is -3.11. The van der Waals surface area contributed by atoms with Crippen LogP contribution < -0.4 is 10.4 Å². The average Bonchev–Trinajstić information content (AvgIpc) is 3.01. The third kappa shape index (κ3) is 4.42. The van der Waals surface area contributed by atoms with Crippen LogP contribution in [0.4, 0.5) is 22.0 Å². The maximum absolute atomic E-state index is 13.5. The third-order valence-corrected chi connectivity index (χ3v) is 5.38. The van der Waals surface area contributed by atoms with Crippen molar-refractivity contribution in [2.75, 3.05) is 6.61 Å². The maximum Gasteiger partial charge on any atom is 0.416 e. The summed E-state index contributed by atoms with van der Waals surface area (Å²) in [5.41, 5.74) is -0.439. The van der Waals surface area contributed by atoms with Gasteiger partial charge in [0.25, 0.3) is 5.92 Å². The van der Waals surface area contributed by atoms with Crippen LogP contribution in [-0.4, -0.2) is 31.4 Å². The fourth-order valence-electron chi connectivity index (χ4n) is 3.51. The van der Waals surface area contributed by atoms with Crippen molar-refractivity contribution in [3.8, 4) is 11.4 Å². The highest BCUT2D eigenvalue weighted by Crippen LogP contribution is 2.48. The van der Waals surface area contributed by atoms with Gasteiger partial charge in [0.2, 0.25) is 0 Å². The van der Waals surface area contributed by atoms with Gasteiger partial charge in [0.15, 0.2) is 0 Å². The van der Waals surface area contributed by atoms with Crippen molar-refractivity contribution in [1.29, 1.82) is 0 Å². The monoisotopic (exact) mass is 456 g/mol. The lowest BCUT2D eigenvalue weighted by atomic mass is 10.1. The Morgan fingerprint density at radius 2 is 1.94 bits per heavy atom. The van der Waals surface area contributed by atoms with Crippen molar-refractivity contribution < 1.29 is 26.7 Å². The normalized spacial score (nSPS) is 17.5. The summed E-state index contributed by atoms with van der Waals surface area (Å²) in [5, 5.41) is 4.15. The lowest BCUT2D eigenvalue weighted by molar-refractivity contribution is -0.137. The first-order chi connectivity index (χ1) is 15.0. The molecule has 0 bridgehead atoms. The van der Waals surface area contributed by atoms with Gasteiger partial charge in [-0.25, -0.2) is 13.6 Å². The van der Waals surface area contributed by atoms with E-state index in [2.05, 4.69) is 5.10 Å². The van der Waals surface area contributed by atoms with Crippen LogP contribution in [0.1, 0.15) is 30.2 Å². The zero-order valence-electron chi connectivity index (χ0n) is 17.4. The predicted molar refractivity (Wildman–Crippen MR) is 105 cm³/mol. The minimum Gasteiger partial charge on any atom is -0.493 e. The molecule has 0 spiro atoms. The van der Waals surface area contributed by atoms with E-state index in [0.717, 1.165) is 22.3 Å². The number of hydrogen-bond donors (Lipinski definition) is 0. The summed E-state index contributed by atoms with van der Waals surface area (Å²) >= 11 is 0. The summed E-state index contributed by atoms with van der Waals surface area (Å²) in [6, 6.07) is 2.84. The fraction of sp³-hybridized carbons (Fsp3) is 0.429. The van der Waals surface area contributed by atoms with Crippen molar-refractivity contribution in [3.05, 3.63) is 64.1 Å². The Bertz CT molecular complexity index is 1190. The van der Waals surface area contributed by atoms with E-state index in [4.69, 9.17) is 4.74 Å². The van der Waals surface area contributed by atoms with Crippen molar-refractivity contribution in [1.82, 2.24) is 18.9 Å². The molecular weight excluding hydrogens is 435 g/mol. The van der Waals surface area contributed by atoms with Crippen LogP contribution in [0.25, 0.3) is 5.69 Å². The number of rotatable bonds is 7. The van der Waals surface area contributed by atoms with Crippen LogP contribution in [-0.2, 0) is 19.3 Å². The molecule has 1 aromatic carbocycles. The molecule has 4 rings (SSSR count). The molecule has 0 amide bonds. The van der Waals surface area contributed by atoms with Gasteiger partial charge in [-0.05, 0) is 26.0 Å². The molecule has 1 unspecified atom stereocenters. The third-order valence-electron chi connectivity index (χ3n) is 5.38. The highest BCUT2D eigenvalue weighted by Gasteiger charge is 2.57. The molecule has 172 valence electrons. The fourth-order valence-corrected chi connectivity index (χ4v) is 3.51. The van der Waals surface area contributed by atoms with Gasteiger partial charge >= 0.3 is 11.9 Å². The van der Waals surface area contributed by atoms with Crippen LogP contribution in [0, 0.1) is 12.8 Å². The second kappa shape index (κ2) is 7.79. The molecule has 1 aliphatic rings. The van der Waals surface area contributed by atoms with E-state index >= 15 is 0 Å². The number of halogens is 5. The Labute approximate surface area is 179 Å². The molecular formula is C21H21F5N4O2. The molecule has 2 heterocycles. The SMILES string of the molecule is CCn1cc(Cn2cc(C)n(-c3cc(OCC4CC4(F)F)cc(C(F)(F)F)c3)c2=O)cn1. The molecule has 0 aliphatic heterocycles. The molecule has 3 aromatic rings. The average molecular weight is 456 g/mol. The molecule has 1 atom stereocenters. The first kappa shape index (κ1) is 22.1. The number of hydrogen-bond acceptors (Lipinski definition) is 3. The lowest BCUT2D eigenvalue weighted by Crippen LogP contribution is -2.24. The van der Waals surface area contributed by atoms with Gasteiger partial charge in [-0.3, -0.25) is 13.8 Å². The smallest absolute Gasteiger partial charge is 0.416 e. The molecule has 6 nitrogen and oxygen atoms in total. The zero-order valence-corrected chi connectivity index (χ0v) is 17.4. The Balaban J connectivity index is 1.67. The molecule has 32 heavy (non-hydrogen) atoms. The van der Waals surface area contributed by atoms with Crippen molar-refractivity contribution in [2.45, 2.75) is 45.5 Å². The Kier molecular flexibility index (Phi) is 5.38. The minimum atomic E-state index is -4.70. The topological polar surface area (TPSA) is 54.0 Å². The molecule has 2 aromatic heterocycles. The second-order valence-electron chi connectivity index (χ2n) is 7.91. The summed E-state index contributed by atoms with van der Waals surface area (Å²) < 4.78 is 76.0. The number of ether oxygens (including phenoxy) is 1. The number of nitrogens with zero attached hydrogens (tertiary/aromatic N) is 4. The lowest BCUT2D eigenvalue weighted by Gasteiger charge is -2.14. The highest BCUT2D eigenvalue weighted by molar-refractivity contribution is 5.45. The van der Waals surface area contributed by atoms with Gasteiger partial charge in [-0.1, -0.05) is 0 Å². The van der Waals surface area contributed by atoms with E-state index in [1.807, 2.05) is 6.92 Å². The van der Waals surface area contributed by atoms with Crippen LogP contribution in [0.15, 0.2) is 41.6 Å². The molecule has 1 fully saturated rings. The van der Waals surface area contributed by atoms with Crippen molar-refractivity contribution in [2.24, 2.45) is 5.92 Å². The number of aryl methyl sites for hydroxylation is 2. The summed E-state index contributed by atoms with van der Waals surface area (Å²) in [7, 11) is 0. The van der Waals surface area contributed by atoms with E-state index in [-0.39, 0.29) is 24.4 Å². The Morgan fingerprint density at radius 1 is 1.22 bits per heavy atom. The van der Waals surface area contributed by atoms with Gasteiger partial charge < -0.3 is 4.74 Å². The van der Waals surface area contributed by atoms with Gasteiger partial charge in [-0.15, -0.1) is 0 Å². The molecule has 0 N–H and O–H groups in total. The van der Waals surface area contributed by atoms with Crippen LogP contribution in [0.3, 0.4) is 0 Å². The summed E-state index contributed by atoms with van der Waals surface area (Å²) in [6.07, 6.45) is -0.117. The predicted octanol–water partition coefficient (Wildman–Crippen LogP) is 4.26. The van der Waals surface area contributed by atoms with Crippen molar-refractivity contribution >= 4 is 0 Å². The molecule has 11 heteroatoms. The molecule has 1 aliphatic carbocycles. The van der Waals surface area contributed by atoms with Gasteiger partial charge in [0.05, 0.1) is 36.5 Å². The van der Waals surface area contributed by atoms with E-state index in [0.29, 0.717) is 12.2 Å². The highest BCUT2D eigenvalue weighted by atomic mass is 19.4. The van der Waals surface area contributed by atoms with Crippen molar-refractivity contribution in [3.63, 3.8) is 0 Å². The molecule has 1 saturated carbocycles. The van der Waals surface area contributed by atoms with E-state index in [1.54, 1.807) is 24.0 Å². The van der Waals surface area contributed by atoms with Gasteiger partial charge in [0, 0.05) is 42.7 Å². The van der Waals surface area contributed by atoms with E-state index in [9.17, 15) is 26.7 Å². The number of imidazole rings is 1. The van der Waals surface area contributed by atoms with Gasteiger partial charge in [-0.2, -0.15) is 18.3 Å². The van der Waals surface area contributed by atoms with E-state index < -0.39 is 35.9 Å². The largest absolute Gasteiger partial charge is 0.493 e.